The minimum absolute atomic E-state index is 0.132. The number of pyridine rings is 1. The van der Waals surface area contributed by atoms with Crippen molar-refractivity contribution >= 4 is 15.7 Å². The Morgan fingerprint density at radius 3 is 2.67 bits per heavy atom. The van der Waals surface area contributed by atoms with E-state index < -0.39 is 10.0 Å². The molecule has 1 aliphatic rings. The van der Waals surface area contributed by atoms with Crippen LogP contribution in [0.15, 0.2) is 58.3 Å². The summed E-state index contributed by atoms with van der Waals surface area (Å²) in [7, 11) is -2.28. The molecule has 3 aromatic rings. The Kier molecular flexibility index (Phi) is 5.74. The van der Waals surface area contributed by atoms with Crippen molar-refractivity contribution in [3.05, 3.63) is 54.5 Å². The third-order valence-corrected chi connectivity index (χ3v) is 7.21. The third kappa shape index (κ3) is 3.90. The van der Waals surface area contributed by atoms with Gasteiger partial charge in [0.2, 0.25) is 10.0 Å². The number of methoxy groups -OCH3 is 1. The normalized spacial score (nSPS) is 15.7. The Morgan fingerprint density at radius 1 is 1.07 bits per heavy atom. The van der Waals surface area contributed by atoms with E-state index >= 15 is 0 Å². The van der Waals surface area contributed by atoms with Gasteiger partial charge in [0.25, 0.3) is 0 Å². The van der Waals surface area contributed by atoms with E-state index in [-0.39, 0.29) is 4.90 Å². The first kappa shape index (κ1) is 20.4. The third-order valence-electron chi connectivity index (χ3n) is 5.29. The van der Waals surface area contributed by atoms with Crippen LogP contribution in [0.3, 0.4) is 0 Å². The smallest absolute Gasteiger partial charge is 0.246 e. The van der Waals surface area contributed by atoms with E-state index in [9.17, 15) is 8.42 Å². The predicted octanol–water partition coefficient (Wildman–Crippen LogP) is 2.95. The highest BCUT2D eigenvalue weighted by Crippen LogP contribution is 2.32. The van der Waals surface area contributed by atoms with E-state index in [0.717, 1.165) is 24.2 Å². The number of aromatic nitrogens is 2. The van der Waals surface area contributed by atoms with Gasteiger partial charge < -0.3 is 14.2 Å². The van der Waals surface area contributed by atoms with Gasteiger partial charge >= 0.3 is 0 Å². The van der Waals surface area contributed by atoms with E-state index in [1.165, 1.54) is 17.6 Å². The SMILES string of the molecule is COc1ccc(-c2ccno2)cc1S(=O)(=O)N1CCCN(c2ccncc2C)CC1. The first-order valence-electron chi connectivity index (χ1n) is 9.75. The molecule has 8 nitrogen and oxygen atoms in total. The topological polar surface area (TPSA) is 88.8 Å². The standard InChI is InChI=1S/C21H24N4O4S/c1-16-15-22-8-6-18(16)24-10-3-11-25(13-12-24)30(26,27)21-14-17(4-5-20(21)28-2)19-7-9-23-29-19/h4-9,14-15H,3,10-13H2,1-2H3. The van der Waals surface area contributed by atoms with E-state index in [2.05, 4.69) is 15.0 Å². The van der Waals surface area contributed by atoms with Crippen LogP contribution < -0.4 is 9.64 Å². The summed E-state index contributed by atoms with van der Waals surface area (Å²) in [5, 5.41) is 3.70. The molecule has 30 heavy (non-hydrogen) atoms. The molecule has 1 saturated heterocycles. The van der Waals surface area contributed by atoms with Crippen LogP contribution in [0.1, 0.15) is 12.0 Å². The lowest BCUT2D eigenvalue weighted by atomic mass is 10.2. The lowest BCUT2D eigenvalue weighted by molar-refractivity contribution is 0.393. The van der Waals surface area contributed by atoms with Crippen molar-refractivity contribution in [2.75, 3.05) is 38.2 Å². The fourth-order valence-electron chi connectivity index (χ4n) is 3.73. The highest BCUT2D eigenvalue weighted by Gasteiger charge is 2.30. The first-order valence-corrected chi connectivity index (χ1v) is 11.2. The van der Waals surface area contributed by atoms with Gasteiger partial charge in [-0.15, -0.1) is 0 Å². The molecule has 3 heterocycles. The van der Waals surface area contributed by atoms with Crippen molar-refractivity contribution in [2.45, 2.75) is 18.2 Å². The zero-order valence-corrected chi connectivity index (χ0v) is 17.8. The van der Waals surface area contributed by atoms with Gasteiger partial charge in [-0.3, -0.25) is 4.98 Å². The monoisotopic (exact) mass is 428 g/mol. The van der Waals surface area contributed by atoms with Crippen LogP contribution in [-0.2, 0) is 10.0 Å². The summed E-state index contributed by atoms with van der Waals surface area (Å²) >= 11 is 0. The Labute approximate surface area is 176 Å². The van der Waals surface area contributed by atoms with E-state index in [1.807, 2.05) is 19.2 Å². The number of ether oxygens (including phenoxy) is 1. The highest BCUT2D eigenvalue weighted by molar-refractivity contribution is 7.89. The van der Waals surface area contributed by atoms with Crippen LogP contribution in [0.4, 0.5) is 5.69 Å². The molecule has 0 amide bonds. The summed E-state index contributed by atoms with van der Waals surface area (Å²) in [5.41, 5.74) is 2.81. The van der Waals surface area contributed by atoms with Crippen molar-refractivity contribution in [3.63, 3.8) is 0 Å². The molecule has 1 fully saturated rings. The number of hydrogen-bond donors (Lipinski definition) is 0. The molecule has 158 valence electrons. The van der Waals surface area contributed by atoms with Crippen molar-refractivity contribution in [1.29, 1.82) is 0 Å². The molecule has 0 spiro atoms. The molecular formula is C21H24N4O4S. The quantitative estimate of drug-likeness (QED) is 0.617. The van der Waals surface area contributed by atoms with Crippen LogP contribution in [-0.4, -0.2) is 56.2 Å². The van der Waals surface area contributed by atoms with Gasteiger partial charge in [-0.1, -0.05) is 5.16 Å². The Morgan fingerprint density at radius 2 is 1.93 bits per heavy atom. The molecule has 0 aliphatic carbocycles. The Bertz CT molecular complexity index is 1120. The highest BCUT2D eigenvalue weighted by atomic mass is 32.2. The second kappa shape index (κ2) is 8.45. The zero-order valence-electron chi connectivity index (χ0n) is 17.0. The number of hydrogen-bond acceptors (Lipinski definition) is 7. The summed E-state index contributed by atoms with van der Waals surface area (Å²) in [4.78, 5) is 6.50. The first-order chi connectivity index (χ1) is 14.5. The largest absolute Gasteiger partial charge is 0.495 e. The Hall–Kier alpha value is -2.91. The molecular weight excluding hydrogens is 404 g/mol. The minimum atomic E-state index is -3.75. The molecule has 0 radical (unpaired) electrons. The van der Waals surface area contributed by atoms with Crippen LogP contribution >= 0.6 is 0 Å². The second-order valence-corrected chi connectivity index (χ2v) is 9.06. The number of sulfonamides is 1. The molecule has 4 rings (SSSR count). The average Bonchev–Trinajstić information content (AvgIpc) is 3.18. The van der Waals surface area contributed by atoms with Crippen LogP contribution in [0.5, 0.6) is 5.75 Å². The summed E-state index contributed by atoms with van der Waals surface area (Å²) in [6.07, 6.45) is 5.85. The fraction of sp³-hybridized carbons (Fsp3) is 0.333. The fourth-order valence-corrected chi connectivity index (χ4v) is 5.38. The number of aryl methyl sites for hydroxylation is 1. The zero-order chi connectivity index (χ0) is 21.1. The molecule has 0 N–H and O–H groups in total. The van der Waals surface area contributed by atoms with Crippen LogP contribution in [0, 0.1) is 6.92 Å². The maximum absolute atomic E-state index is 13.5. The molecule has 1 aliphatic heterocycles. The molecule has 0 atom stereocenters. The van der Waals surface area contributed by atoms with Gasteiger partial charge in [0.1, 0.15) is 10.6 Å². The summed E-state index contributed by atoms with van der Waals surface area (Å²) < 4.78 is 39.1. The molecule has 2 aromatic heterocycles. The van der Waals surface area contributed by atoms with Crippen molar-refractivity contribution < 1.29 is 17.7 Å². The Balaban J connectivity index is 1.62. The summed E-state index contributed by atoms with van der Waals surface area (Å²) in [6.45, 7) is 4.24. The maximum atomic E-state index is 13.5. The van der Waals surface area contributed by atoms with Gasteiger partial charge in [-0.05, 0) is 43.2 Å². The van der Waals surface area contributed by atoms with Crippen LogP contribution in [0.2, 0.25) is 0 Å². The summed E-state index contributed by atoms with van der Waals surface area (Å²) in [5.74, 6) is 0.814. The van der Waals surface area contributed by atoms with Gasteiger partial charge in [0.15, 0.2) is 5.76 Å². The molecule has 0 bridgehead atoms. The molecule has 9 heteroatoms. The molecule has 0 unspecified atom stereocenters. The van der Waals surface area contributed by atoms with Crippen LogP contribution in [0.25, 0.3) is 11.3 Å². The van der Waals surface area contributed by atoms with Gasteiger partial charge in [0, 0.05) is 55.9 Å². The molecule has 0 saturated carbocycles. The van der Waals surface area contributed by atoms with Crippen molar-refractivity contribution in [3.8, 4) is 17.1 Å². The predicted molar refractivity (Wildman–Crippen MR) is 113 cm³/mol. The van der Waals surface area contributed by atoms with E-state index in [1.54, 1.807) is 30.5 Å². The van der Waals surface area contributed by atoms with Crippen molar-refractivity contribution in [2.24, 2.45) is 0 Å². The lowest BCUT2D eigenvalue weighted by Gasteiger charge is -2.25. The average molecular weight is 429 g/mol. The minimum Gasteiger partial charge on any atom is -0.495 e. The number of anilines is 1. The van der Waals surface area contributed by atoms with Gasteiger partial charge in [-0.25, -0.2) is 8.42 Å². The molecule has 1 aromatic carbocycles. The number of rotatable bonds is 5. The number of benzene rings is 1. The van der Waals surface area contributed by atoms with E-state index in [4.69, 9.17) is 9.26 Å². The number of nitrogens with zero attached hydrogens (tertiary/aromatic N) is 4. The van der Waals surface area contributed by atoms with E-state index in [0.29, 0.717) is 36.7 Å². The lowest BCUT2D eigenvalue weighted by Crippen LogP contribution is -2.35. The van der Waals surface area contributed by atoms with Gasteiger partial charge in [0.05, 0.1) is 13.3 Å². The second-order valence-electron chi connectivity index (χ2n) is 7.15. The summed E-state index contributed by atoms with van der Waals surface area (Å²) in [6, 6.07) is 8.66. The maximum Gasteiger partial charge on any atom is 0.246 e. The van der Waals surface area contributed by atoms with Gasteiger partial charge in [-0.2, -0.15) is 4.31 Å². The van der Waals surface area contributed by atoms with Crippen molar-refractivity contribution in [1.82, 2.24) is 14.4 Å².